The number of alkyl halides is 4. The number of hydrogen-bond donors (Lipinski definition) is 2. The van der Waals surface area contributed by atoms with Gasteiger partial charge in [-0.2, -0.15) is 23.1 Å². The molecule has 2 saturated heterocycles. The summed E-state index contributed by atoms with van der Waals surface area (Å²) in [7, 11) is 0. The monoisotopic (exact) mass is 761 g/mol. The van der Waals surface area contributed by atoms with Crippen LogP contribution >= 0.6 is 0 Å². The number of nitrogens with zero attached hydrogens (tertiary/aromatic N) is 6. The number of pyridine rings is 1. The van der Waals surface area contributed by atoms with Crippen molar-refractivity contribution in [2.24, 2.45) is 0 Å². The molecule has 3 aliphatic rings. The first-order valence-electron chi connectivity index (χ1n) is 18.1. The van der Waals surface area contributed by atoms with E-state index in [0.717, 1.165) is 37.1 Å². The van der Waals surface area contributed by atoms with Crippen molar-refractivity contribution in [3.63, 3.8) is 0 Å². The number of ether oxygens (including phenoxy) is 1. The molecular weight excluding hydrogens is 721 g/mol. The number of halogens is 5. The Balaban J connectivity index is 1.24. The molecule has 0 spiro atoms. The van der Waals surface area contributed by atoms with E-state index in [4.69, 9.17) is 21.1 Å². The number of hydrogen-bond acceptors (Lipinski definition) is 9. The number of aromatic hydroxyl groups is 1. The lowest BCUT2D eigenvalue weighted by molar-refractivity contribution is -0.141. The van der Waals surface area contributed by atoms with E-state index in [0.29, 0.717) is 59.7 Å². The molecule has 55 heavy (non-hydrogen) atoms. The number of phenols is 1. The molecule has 10 nitrogen and oxygen atoms in total. The van der Waals surface area contributed by atoms with Gasteiger partial charge in [0.15, 0.2) is 0 Å². The molecule has 15 heteroatoms. The van der Waals surface area contributed by atoms with Crippen LogP contribution in [0, 0.1) is 18.2 Å². The van der Waals surface area contributed by atoms with Crippen molar-refractivity contribution in [1.82, 2.24) is 20.3 Å². The fourth-order valence-corrected chi connectivity index (χ4v) is 7.98. The van der Waals surface area contributed by atoms with Gasteiger partial charge in [-0.25, -0.2) is 13.8 Å². The van der Waals surface area contributed by atoms with Gasteiger partial charge in [-0.05, 0) is 68.3 Å². The van der Waals surface area contributed by atoms with Crippen molar-refractivity contribution < 1.29 is 36.6 Å². The lowest BCUT2D eigenvalue weighted by atomic mass is 9.98. The Labute approximate surface area is 315 Å². The van der Waals surface area contributed by atoms with Crippen LogP contribution in [-0.4, -0.2) is 76.5 Å². The third kappa shape index (κ3) is 7.67. The zero-order valence-corrected chi connectivity index (χ0v) is 30.2. The van der Waals surface area contributed by atoms with E-state index >= 15 is 4.39 Å². The Morgan fingerprint density at radius 3 is 2.71 bits per heavy atom. The zero-order chi connectivity index (χ0) is 39.1. The van der Waals surface area contributed by atoms with E-state index in [-0.39, 0.29) is 55.4 Å². The van der Waals surface area contributed by atoms with Gasteiger partial charge < -0.3 is 29.9 Å². The second-order valence-electron chi connectivity index (χ2n) is 14.5. The number of anilines is 3. The highest BCUT2D eigenvalue weighted by Crippen LogP contribution is 2.40. The fraction of sp³-hybridized carbons (Fsp3) is 0.400. The van der Waals surface area contributed by atoms with Crippen LogP contribution in [-0.2, 0) is 23.9 Å². The highest BCUT2D eigenvalue weighted by molar-refractivity contribution is 6.00. The van der Waals surface area contributed by atoms with Gasteiger partial charge in [0.1, 0.15) is 35.9 Å². The first kappa shape index (κ1) is 37.7. The van der Waals surface area contributed by atoms with E-state index < -0.39 is 29.4 Å². The maximum atomic E-state index is 15.1. The van der Waals surface area contributed by atoms with E-state index in [1.807, 2.05) is 4.90 Å². The predicted molar refractivity (Wildman–Crippen MR) is 198 cm³/mol. The molecule has 4 aromatic rings. The predicted octanol–water partition coefficient (Wildman–Crippen LogP) is 6.48. The summed E-state index contributed by atoms with van der Waals surface area (Å²) in [5, 5.41) is 14.8. The quantitative estimate of drug-likeness (QED) is 0.119. The van der Waals surface area contributed by atoms with Crippen LogP contribution in [0.3, 0.4) is 0 Å². The van der Waals surface area contributed by atoms with Gasteiger partial charge in [0.2, 0.25) is 5.91 Å². The molecule has 0 radical (unpaired) electrons. The van der Waals surface area contributed by atoms with Crippen molar-refractivity contribution in [3.05, 3.63) is 83.6 Å². The van der Waals surface area contributed by atoms with Gasteiger partial charge >= 0.3 is 12.2 Å². The summed E-state index contributed by atoms with van der Waals surface area (Å²) in [6, 6.07) is 7.89. The Morgan fingerprint density at radius 1 is 1.16 bits per heavy atom. The highest BCUT2D eigenvalue weighted by atomic mass is 19.4. The highest BCUT2D eigenvalue weighted by Gasteiger charge is 2.44. The molecule has 288 valence electrons. The summed E-state index contributed by atoms with van der Waals surface area (Å²) in [6.07, 6.45) is 5.18. The standard InChI is InChI=1S/C40H40F5N7O3/c1-4-29-31(42)11-9-24-16-28(53)17-33(36(24)29)50-15-13-30-32(22-50)48-38(49-37(30)51-14-7-6-8-26(21-51)47-35(54)5-2)55-23-39(3)18-25(41)20-52(39)27-10-12-34(46-19-27)40(43,44)45/h1,5,9-12,16-17,19,25-26,53H,2,6-8,13-15,18,20-23H2,3H3,(H,47,54)/t25-,26?,39+/m1/s1. The SMILES string of the molecule is C#Cc1c(F)ccc2cc(O)cc(N3CCc4c(nc(OC[C@]5(C)C[C@@H](F)CN5c5ccc(C(F)(F)F)nc5)nc4N4CCCCC(NC(=O)C=C)C4)C3)c12. The van der Waals surface area contributed by atoms with Crippen molar-refractivity contribution in [2.45, 2.75) is 69.5 Å². The number of nitrogens with one attached hydrogen (secondary N) is 1. The summed E-state index contributed by atoms with van der Waals surface area (Å²) in [5.74, 6) is 2.23. The maximum Gasteiger partial charge on any atom is 0.433 e. The molecule has 2 aromatic heterocycles. The van der Waals surface area contributed by atoms with E-state index in [1.54, 1.807) is 24.0 Å². The largest absolute Gasteiger partial charge is 0.508 e. The second kappa shape index (κ2) is 14.9. The maximum absolute atomic E-state index is 15.1. The summed E-state index contributed by atoms with van der Waals surface area (Å²) in [6.45, 7) is 6.96. The number of fused-ring (bicyclic) bond motifs is 2. The normalized spacial score (nSPS) is 21.5. The van der Waals surface area contributed by atoms with Gasteiger partial charge in [0.05, 0.1) is 41.8 Å². The summed E-state index contributed by atoms with van der Waals surface area (Å²) >= 11 is 0. The third-order valence-corrected chi connectivity index (χ3v) is 10.6. The molecule has 0 aliphatic carbocycles. The molecular formula is C40H40F5N7O3. The van der Waals surface area contributed by atoms with Crippen LogP contribution in [0.5, 0.6) is 11.8 Å². The van der Waals surface area contributed by atoms with Crippen LogP contribution in [0.4, 0.5) is 39.1 Å². The zero-order valence-electron chi connectivity index (χ0n) is 30.2. The van der Waals surface area contributed by atoms with Gasteiger partial charge in [-0.15, -0.1) is 6.42 Å². The number of amides is 1. The first-order valence-corrected chi connectivity index (χ1v) is 18.1. The number of terminal acetylenes is 1. The third-order valence-electron chi connectivity index (χ3n) is 10.6. The molecule has 0 saturated carbocycles. The lowest BCUT2D eigenvalue weighted by Crippen LogP contribution is -2.46. The summed E-state index contributed by atoms with van der Waals surface area (Å²) in [5.41, 5.74) is 0.360. The molecule has 0 bridgehead atoms. The summed E-state index contributed by atoms with van der Waals surface area (Å²) < 4.78 is 76.1. The minimum Gasteiger partial charge on any atom is -0.508 e. The fourth-order valence-electron chi connectivity index (χ4n) is 7.98. The minimum atomic E-state index is -4.62. The number of aromatic nitrogens is 3. The van der Waals surface area contributed by atoms with Gasteiger partial charge in [-0.1, -0.05) is 18.6 Å². The van der Waals surface area contributed by atoms with E-state index in [9.17, 15) is 27.5 Å². The van der Waals surface area contributed by atoms with Crippen molar-refractivity contribution in [2.75, 3.05) is 47.5 Å². The van der Waals surface area contributed by atoms with Crippen molar-refractivity contribution >= 4 is 33.9 Å². The number of carbonyl (C=O) groups excluding carboxylic acids is 1. The van der Waals surface area contributed by atoms with Gasteiger partial charge in [0, 0.05) is 54.8 Å². The van der Waals surface area contributed by atoms with Crippen molar-refractivity contribution in [3.8, 4) is 24.1 Å². The minimum absolute atomic E-state index is 0.0108. The van der Waals surface area contributed by atoms with Gasteiger partial charge in [-0.3, -0.25) is 4.79 Å². The lowest BCUT2D eigenvalue weighted by Gasteiger charge is -2.37. The molecule has 2 aromatic carbocycles. The van der Waals surface area contributed by atoms with Crippen LogP contribution in [0.25, 0.3) is 10.8 Å². The molecule has 2 fully saturated rings. The van der Waals surface area contributed by atoms with Gasteiger partial charge in [0.25, 0.3) is 0 Å². The Morgan fingerprint density at radius 2 is 1.98 bits per heavy atom. The Bertz CT molecular complexity index is 2160. The first-order chi connectivity index (χ1) is 26.3. The van der Waals surface area contributed by atoms with Crippen LogP contribution in [0.15, 0.2) is 55.3 Å². The Hall–Kier alpha value is -5.65. The number of benzene rings is 2. The van der Waals surface area contributed by atoms with E-state index in [1.165, 1.54) is 24.3 Å². The average Bonchev–Trinajstić information content (AvgIpc) is 3.29. The average molecular weight is 762 g/mol. The number of rotatable bonds is 8. The van der Waals surface area contributed by atoms with Crippen LogP contribution in [0.1, 0.15) is 55.1 Å². The molecule has 1 amide bonds. The molecule has 3 atom stereocenters. The van der Waals surface area contributed by atoms with Crippen molar-refractivity contribution in [1.29, 1.82) is 0 Å². The smallest absolute Gasteiger partial charge is 0.433 e. The summed E-state index contributed by atoms with van der Waals surface area (Å²) in [4.78, 5) is 31.4. The number of phenolic OH excluding ortho intramolecular Hbond substituents is 1. The van der Waals surface area contributed by atoms with Crippen LogP contribution in [0.2, 0.25) is 0 Å². The molecule has 5 heterocycles. The topological polar surface area (TPSA) is 107 Å². The second-order valence-corrected chi connectivity index (χ2v) is 14.5. The molecule has 2 N–H and O–H groups in total. The van der Waals surface area contributed by atoms with E-state index in [2.05, 4.69) is 27.7 Å². The molecule has 1 unspecified atom stereocenters. The van der Waals surface area contributed by atoms with Crippen LogP contribution < -0.4 is 24.8 Å². The number of carbonyl (C=O) groups is 1. The molecule has 3 aliphatic heterocycles. The Kier molecular flexibility index (Phi) is 10.2. The molecule has 7 rings (SSSR count).